The van der Waals surface area contributed by atoms with Gasteiger partial charge in [-0.3, -0.25) is 4.79 Å². The molecule has 1 aromatic heterocycles. The summed E-state index contributed by atoms with van der Waals surface area (Å²) in [5, 5.41) is 13.1. The van der Waals surface area contributed by atoms with Crippen molar-refractivity contribution in [1.82, 2.24) is 10.3 Å². The molecule has 2 N–H and O–H groups in total. The number of ether oxygens (including phenoxy) is 1. The Kier molecular flexibility index (Phi) is 5.11. The van der Waals surface area contributed by atoms with E-state index in [1.807, 2.05) is 30.3 Å². The number of nitrogens with zero attached hydrogens (tertiary/aromatic N) is 1. The zero-order valence-electron chi connectivity index (χ0n) is 13.6. The lowest BCUT2D eigenvalue weighted by atomic mass is 10.0. The van der Waals surface area contributed by atoms with E-state index in [2.05, 4.69) is 10.3 Å². The van der Waals surface area contributed by atoms with Gasteiger partial charge in [0.05, 0.1) is 5.60 Å². The first-order chi connectivity index (χ1) is 11.6. The van der Waals surface area contributed by atoms with Gasteiger partial charge in [-0.25, -0.2) is 4.98 Å². The fourth-order valence-electron chi connectivity index (χ4n) is 2.92. The van der Waals surface area contributed by atoms with E-state index in [0.717, 1.165) is 31.2 Å². The van der Waals surface area contributed by atoms with Crippen LogP contribution in [-0.2, 0) is 6.61 Å². The molecule has 0 radical (unpaired) electrons. The van der Waals surface area contributed by atoms with Crippen LogP contribution >= 0.6 is 0 Å². The molecule has 0 saturated heterocycles. The van der Waals surface area contributed by atoms with Gasteiger partial charge in [-0.1, -0.05) is 43.2 Å². The Bertz CT molecular complexity index is 682. The van der Waals surface area contributed by atoms with E-state index in [0.29, 0.717) is 18.1 Å². The molecule has 3 rings (SSSR count). The second kappa shape index (κ2) is 7.45. The lowest BCUT2D eigenvalue weighted by Gasteiger charge is -2.22. The molecule has 5 heteroatoms. The normalized spacial score (nSPS) is 15.9. The van der Waals surface area contributed by atoms with Gasteiger partial charge in [0.15, 0.2) is 0 Å². The van der Waals surface area contributed by atoms with E-state index in [-0.39, 0.29) is 12.5 Å². The van der Waals surface area contributed by atoms with Crippen LogP contribution < -0.4 is 10.1 Å². The third-order valence-electron chi connectivity index (χ3n) is 4.34. The van der Waals surface area contributed by atoms with Crippen LogP contribution in [0.2, 0.25) is 0 Å². The summed E-state index contributed by atoms with van der Waals surface area (Å²) in [5.74, 6) is 0.188. The molecule has 0 atom stereocenters. The van der Waals surface area contributed by atoms with E-state index in [1.165, 1.54) is 0 Å². The summed E-state index contributed by atoms with van der Waals surface area (Å²) in [6.07, 6.45) is 5.07. The van der Waals surface area contributed by atoms with Crippen LogP contribution in [0, 0.1) is 0 Å². The summed E-state index contributed by atoms with van der Waals surface area (Å²) in [7, 11) is 0. The van der Waals surface area contributed by atoms with Gasteiger partial charge < -0.3 is 15.2 Å². The highest BCUT2D eigenvalue weighted by atomic mass is 16.5. The standard InChI is InChI=1S/C19H22N2O3/c22-18(21-14-19(23)9-4-5-10-19)16-8-11-20-17(12-16)24-13-15-6-2-1-3-7-15/h1-3,6-8,11-12,23H,4-5,9-10,13-14H2,(H,21,22). The van der Waals surface area contributed by atoms with Gasteiger partial charge in [0.2, 0.25) is 5.88 Å². The largest absolute Gasteiger partial charge is 0.473 e. The van der Waals surface area contributed by atoms with Gasteiger partial charge in [0, 0.05) is 24.4 Å². The molecule has 1 aromatic carbocycles. The minimum absolute atomic E-state index is 0.220. The number of amides is 1. The van der Waals surface area contributed by atoms with Crippen molar-refractivity contribution in [2.75, 3.05) is 6.54 Å². The van der Waals surface area contributed by atoms with Gasteiger partial charge in [-0.15, -0.1) is 0 Å². The summed E-state index contributed by atoms with van der Waals surface area (Å²) in [6.45, 7) is 0.688. The zero-order valence-corrected chi connectivity index (χ0v) is 13.6. The summed E-state index contributed by atoms with van der Waals surface area (Å²) in [6, 6.07) is 13.1. The molecule has 0 spiro atoms. The van der Waals surface area contributed by atoms with Crippen molar-refractivity contribution in [3.63, 3.8) is 0 Å². The number of hydrogen-bond acceptors (Lipinski definition) is 4. The highest BCUT2D eigenvalue weighted by Crippen LogP contribution is 2.28. The lowest BCUT2D eigenvalue weighted by Crippen LogP contribution is -2.40. The van der Waals surface area contributed by atoms with Crippen molar-refractivity contribution < 1.29 is 14.6 Å². The van der Waals surface area contributed by atoms with Gasteiger partial charge in [0.25, 0.3) is 5.91 Å². The minimum Gasteiger partial charge on any atom is -0.473 e. The van der Waals surface area contributed by atoms with Crippen molar-refractivity contribution in [3.8, 4) is 5.88 Å². The van der Waals surface area contributed by atoms with Gasteiger partial charge in [-0.05, 0) is 24.5 Å². The Hall–Kier alpha value is -2.40. The smallest absolute Gasteiger partial charge is 0.251 e. The average Bonchev–Trinajstić information content (AvgIpc) is 3.06. The molecule has 1 fully saturated rings. The molecule has 126 valence electrons. The molecule has 0 unspecified atom stereocenters. The Balaban J connectivity index is 1.56. The number of aromatic nitrogens is 1. The van der Waals surface area contributed by atoms with Crippen molar-refractivity contribution in [2.24, 2.45) is 0 Å². The second-order valence-electron chi connectivity index (χ2n) is 6.27. The molecule has 1 saturated carbocycles. The van der Waals surface area contributed by atoms with Crippen LogP contribution in [0.1, 0.15) is 41.6 Å². The zero-order chi connectivity index (χ0) is 16.8. The number of carbonyl (C=O) groups excluding carboxylic acids is 1. The first-order valence-electron chi connectivity index (χ1n) is 8.28. The third-order valence-corrected chi connectivity index (χ3v) is 4.34. The van der Waals surface area contributed by atoms with Crippen LogP contribution in [0.25, 0.3) is 0 Å². The molecule has 1 amide bonds. The van der Waals surface area contributed by atoms with Crippen molar-refractivity contribution in [2.45, 2.75) is 37.9 Å². The van der Waals surface area contributed by atoms with Crippen LogP contribution in [0.4, 0.5) is 0 Å². The SMILES string of the molecule is O=C(NCC1(O)CCCC1)c1ccnc(OCc2ccccc2)c1. The van der Waals surface area contributed by atoms with Crippen molar-refractivity contribution in [3.05, 3.63) is 59.8 Å². The third kappa shape index (κ3) is 4.32. The lowest BCUT2D eigenvalue weighted by molar-refractivity contribution is 0.0449. The molecular formula is C19H22N2O3. The number of carbonyl (C=O) groups is 1. The molecule has 5 nitrogen and oxygen atoms in total. The van der Waals surface area contributed by atoms with E-state index in [1.54, 1.807) is 18.3 Å². The number of aliphatic hydroxyl groups is 1. The maximum atomic E-state index is 12.3. The Morgan fingerprint density at radius 2 is 1.96 bits per heavy atom. The molecule has 1 aliphatic rings. The molecule has 0 bridgehead atoms. The first-order valence-corrected chi connectivity index (χ1v) is 8.28. The summed E-state index contributed by atoms with van der Waals surface area (Å²) < 4.78 is 5.64. The van der Waals surface area contributed by atoms with E-state index >= 15 is 0 Å². The minimum atomic E-state index is -0.755. The van der Waals surface area contributed by atoms with E-state index < -0.39 is 5.60 Å². The Morgan fingerprint density at radius 1 is 1.21 bits per heavy atom. The Morgan fingerprint density at radius 3 is 2.71 bits per heavy atom. The average molecular weight is 326 g/mol. The predicted octanol–water partition coefficient (Wildman–Crippen LogP) is 2.70. The summed E-state index contributed by atoms with van der Waals surface area (Å²) in [5.41, 5.74) is 0.766. The van der Waals surface area contributed by atoms with Crippen LogP contribution in [0.5, 0.6) is 5.88 Å². The number of nitrogens with one attached hydrogen (secondary N) is 1. The summed E-state index contributed by atoms with van der Waals surface area (Å²) in [4.78, 5) is 16.4. The second-order valence-corrected chi connectivity index (χ2v) is 6.27. The number of benzene rings is 1. The highest BCUT2D eigenvalue weighted by Gasteiger charge is 2.31. The van der Waals surface area contributed by atoms with Crippen LogP contribution in [-0.4, -0.2) is 28.1 Å². The van der Waals surface area contributed by atoms with Crippen LogP contribution in [0.3, 0.4) is 0 Å². The maximum absolute atomic E-state index is 12.3. The first kappa shape index (κ1) is 16.5. The topological polar surface area (TPSA) is 71.5 Å². The van der Waals surface area contributed by atoms with E-state index in [4.69, 9.17) is 4.74 Å². The Labute approximate surface area is 141 Å². The number of hydrogen-bond donors (Lipinski definition) is 2. The fraction of sp³-hybridized carbons (Fsp3) is 0.368. The number of rotatable bonds is 6. The predicted molar refractivity (Wildman–Crippen MR) is 90.8 cm³/mol. The van der Waals surface area contributed by atoms with Crippen molar-refractivity contribution in [1.29, 1.82) is 0 Å². The van der Waals surface area contributed by atoms with Gasteiger partial charge in [-0.2, -0.15) is 0 Å². The molecule has 1 aliphatic carbocycles. The molecule has 0 aliphatic heterocycles. The molecule has 1 heterocycles. The molecule has 2 aromatic rings. The fourth-order valence-corrected chi connectivity index (χ4v) is 2.92. The number of pyridine rings is 1. The van der Waals surface area contributed by atoms with Crippen molar-refractivity contribution >= 4 is 5.91 Å². The molecular weight excluding hydrogens is 304 g/mol. The summed E-state index contributed by atoms with van der Waals surface area (Å²) >= 11 is 0. The van der Waals surface area contributed by atoms with Crippen LogP contribution in [0.15, 0.2) is 48.7 Å². The monoisotopic (exact) mass is 326 g/mol. The van der Waals surface area contributed by atoms with Gasteiger partial charge >= 0.3 is 0 Å². The maximum Gasteiger partial charge on any atom is 0.251 e. The molecule has 24 heavy (non-hydrogen) atoms. The van der Waals surface area contributed by atoms with E-state index in [9.17, 15) is 9.90 Å². The highest BCUT2D eigenvalue weighted by molar-refractivity contribution is 5.94. The quantitative estimate of drug-likeness (QED) is 0.856. The van der Waals surface area contributed by atoms with Gasteiger partial charge in [0.1, 0.15) is 6.61 Å².